The quantitative estimate of drug-likeness (QED) is 0.459. The number of anilines is 1. The zero-order chi connectivity index (χ0) is 20.0. The highest BCUT2D eigenvalue weighted by Crippen LogP contribution is 2.27. The number of carbonyl (C=O) groups excluding carboxylic acids is 1. The van der Waals surface area contributed by atoms with Gasteiger partial charge in [-0.05, 0) is 17.7 Å². The minimum Gasteiger partial charge on any atom is -0.478 e. The molecule has 0 heterocycles. The summed E-state index contributed by atoms with van der Waals surface area (Å²) in [6.07, 6.45) is -4.11. The average molecular weight is 378 g/mol. The number of nitrogens with one attached hydrogen (secondary N) is 1. The SMILES string of the molecule is Nc1c(C(=O)O)cc(F)cc1C(O)C(O)CNC(=O)OCc1ccccc1. The van der Waals surface area contributed by atoms with Crippen LogP contribution in [-0.4, -0.2) is 40.0 Å². The van der Waals surface area contributed by atoms with Gasteiger partial charge in [0.1, 0.15) is 24.6 Å². The van der Waals surface area contributed by atoms with Crippen molar-refractivity contribution in [2.45, 2.75) is 18.8 Å². The number of benzene rings is 2. The Balaban J connectivity index is 1.94. The number of nitrogens with two attached hydrogens (primary N) is 1. The van der Waals surface area contributed by atoms with E-state index in [0.29, 0.717) is 6.07 Å². The molecule has 2 rings (SSSR count). The monoisotopic (exact) mass is 378 g/mol. The van der Waals surface area contributed by atoms with Crippen molar-refractivity contribution in [1.29, 1.82) is 0 Å². The van der Waals surface area contributed by atoms with E-state index in [1.54, 1.807) is 24.3 Å². The van der Waals surface area contributed by atoms with E-state index in [0.717, 1.165) is 11.6 Å². The number of hydrogen-bond donors (Lipinski definition) is 5. The van der Waals surface area contributed by atoms with Gasteiger partial charge in [0.25, 0.3) is 0 Å². The predicted octanol–water partition coefficient (Wildman–Crippen LogP) is 1.43. The van der Waals surface area contributed by atoms with Crippen LogP contribution in [0.4, 0.5) is 14.9 Å². The molecule has 0 bridgehead atoms. The number of halogens is 1. The van der Waals surface area contributed by atoms with Gasteiger partial charge in [-0.2, -0.15) is 0 Å². The summed E-state index contributed by atoms with van der Waals surface area (Å²) in [7, 11) is 0. The van der Waals surface area contributed by atoms with Crippen LogP contribution in [0.15, 0.2) is 42.5 Å². The number of aromatic carboxylic acids is 1. The van der Waals surface area contributed by atoms with Crippen molar-refractivity contribution in [3.05, 3.63) is 65.0 Å². The van der Waals surface area contributed by atoms with Crippen LogP contribution < -0.4 is 11.1 Å². The first-order valence-corrected chi connectivity index (χ1v) is 7.92. The number of ether oxygens (including phenoxy) is 1. The molecule has 0 aliphatic heterocycles. The molecule has 8 nitrogen and oxygen atoms in total. The number of carbonyl (C=O) groups is 2. The first-order chi connectivity index (χ1) is 12.8. The number of amides is 1. The summed E-state index contributed by atoms with van der Waals surface area (Å²) in [5, 5.41) is 31.4. The Morgan fingerprint density at radius 1 is 1.19 bits per heavy atom. The lowest BCUT2D eigenvalue weighted by atomic mass is 9.99. The summed E-state index contributed by atoms with van der Waals surface area (Å²) < 4.78 is 18.5. The van der Waals surface area contributed by atoms with Gasteiger partial charge >= 0.3 is 12.1 Å². The lowest BCUT2D eigenvalue weighted by molar-refractivity contribution is 0.0186. The van der Waals surface area contributed by atoms with Gasteiger partial charge in [0.15, 0.2) is 0 Å². The van der Waals surface area contributed by atoms with E-state index in [4.69, 9.17) is 15.6 Å². The summed E-state index contributed by atoms with van der Waals surface area (Å²) in [6, 6.07) is 10.4. The predicted molar refractivity (Wildman–Crippen MR) is 93.4 cm³/mol. The smallest absolute Gasteiger partial charge is 0.407 e. The van der Waals surface area contributed by atoms with E-state index in [-0.39, 0.29) is 17.9 Å². The molecule has 9 heteroatoms. The van der Waals surface area contributed by atoms with E-state index < -0.39 is 42.2 Å². The summed E-state index contributed by atoms with van der Waals surface area (Å²) >= 11 is 0. The third-order valence-electron chi connectivity index (χ3n) is 3.76. The topological polar surface area (TPSA) is 142 Å². The van der Waals surface area contributed by atoms with Crippen molar-refractivity contribution in [3.63, 3.8) is 0 Å². The van der Waals surface area contributed by atoms with Crippen molar-refractivity contribution in [2.24, 2.45) is 0 Å². The molecule has 0 radical (unpaired) electrons. The van der Waals surface area contributed by atoms with Crippen molar-refractivity contribution < 1.29 is 34.0 Å². The minimum absolute atomic E-state index is 0.0180. The molecule has 0 saturated carbocycles. The highest BCUT2D eigenvalue weighted by atomic mass is 19.1. The van der Waals surface area contributed by atoms with Crippen LogP contribution in [0, 0.1) is 5.82 Å². The van der Waals surface area contributed by atoms with Gasteiger partial charge in [0.05, 0.1) is 11.3 Å². The molecule has 0 aliphatic carbocycles. The summed E-state index contributed by atoms with van der Waals surface area (Å²) in [6.45, 7) is -0.405. The largest absolute Gasteiger partial charge is 0.478 e. The van der Waals surface area contributed by atoms with E-state index in [2.05, 4.69) is 5.32 Å². The average Bonchev–Trinajstić information content (AvgIpc) is 2.66. The lowest BCUT2D eigenvalue weighted by Crippen LogP contribution is -2.36. The van der Waals surface area contributed by atoms with Crippen molar-refractivity contribution in [2.75, 3.05) is 12.3 Å². The van der Waals surface area contributed by atoms with Gasteiger partial charge in [0, 0.05) is 12.1 Å². The number of hydrogen-bond acceptors (Lipinski definition) is 6. The van der Waals surface area contributed by atoms with Crippen LogP contribution in [-0.2, 0) is 11.3 Å². The van der Waals surface area contributed by atoms with Gasteiger partial charge in [-0.3, -0.25) is 0 Å². The molecular weight excluding hydrogens is 359 g/mol. The first-order valence-electron chi connectivity index (χ1n) is 7.92. The molecule has 1 amide bonds. The second-order valence-electron chi connectivity index (χ2n) is 5.72. The molecule has 0 aliphatic rings. The third kappa shape index (κ3) is 5.40. The molecule has 144 valence electrons. The molecule has 0 saturated heterocycles. The zero-order valence-corrected chi connectivity index (χ0v) is 14.1. The highest BCUT2D eigenvalue weighted by Gasteiger charge is 2.25. The number of alkyl carbamates (subject to hydrolysis) is 1. The van der Waals surface area contributed by atoms with E-state index >= 15 is 0 Å². The Morgan fingerprint density at radius 3 is 2.48 bits per heavy atom. The van der Waals surface area contributed by atoms with Gasteiger partial charge in [-0.1, -0.05) is 30.3 Å². The molecule has 0 aromatic heterocycles. The fourth-order valence-electron chi connectivity index (χ4n) is 2.34. The van der Waals surface area contributed by atoms with Crippen LogP contribution >= 0.6 is 0 Å². The number of aliphatic hydroxyl groups is 2. The standard InChI is InChI=1S/C18H19FN2O6/c19-11-6-12(15(20)13(7-11)17(24)25)16(23)14(22)8-21-18(26)27-9-10-4-2-1-3-5-10/h1-7,14,16,22-23H,8-9,20H2,(H,21,26)(H,24,25). The van der Waals surface area contributed by atoms with E-state index in [9.17, 15) is 24.2 Å². The maximum atomic E-state index is 13.6. The Labute approximate surface area is 154 Å². The molecule has 6 N–H and O–H groups in total. The molecule has 0 spiro atoms. The van der Waals surface area contributed by atoms with E-state index in [1.807, 2.05) is 6.07 Å². The Bertz CT molecular complexity index is 815. The molecule has 2 aromatic carbocycles. The minimum atomic E-state index is -1.71. The summed E-state index contributed by atoms with van der Waals surface area (Å²) in [5.74, 6) is -2.41. The highest BCUT2D eigenvalue weighted by molar-refractivity contribution is 5.94. The number of nitrogen functional groups attached to an aromatic ring is 1. The number of rotatable bonds is 7. The van der Waals surface area contributed by atoms with Crippen LogP contribution in [0.3, 0.4) is 0 Å². The zero-order valence-electron chi connectivity index (χ0n) is 14.1. The number of carboxylic acid groups (broad SMARTS) is 1. The Kier molecular flexibility index (Phi) is 6.69. The van der Waals surface area contributed by atoms with Crippen molar-refractivity contribution in [3.8, 4) is 0 Å². The Hall–Kier alpha value is -3.17. The second-order valence-corrected chi connectivity index (χ2v) is 5.72. The van der Waals surface area contributed by atoms with Crippen LogP contribution in [0.2, 0.25) is 0 Å². The maximum Gasteiger partial charge on any atom is 0.407 e. The molecular formula is C18H19FN2O6. The molecule has 2 aromatic rings. The van der Waals surface area contributed by atoms with Crippen molar-refractivity contribution >= 4 is 17.7 Å². The second kappa shape index (κ2) is 8.97. The van der Waals surface area contributed by atoms with Crippen LogP contribution in [0.5, 0.6) is 0 Å². The Morgan fingerprint density at radius 2 is 1.85 bits per heavy atom. The fourth-order valence-corrected chi connectivity index (χ4v) is 2.34. The molecule has 0 fully saturated rings. The number of carboxylic acids is 1. The van der Waals surface area contributed by atoms with Gasteiger partial charge in [-0.25, -0.2) is 14.0 Å². The van der Waals surface area contributed by atoms with E-state index in [1.165, 1.54) is 0 Å². The summed E-state index contributed by atoms with van der Waals surface area (Å²) in [4.78, 5) is 22.7. The molecule has 2 atom stereocenters. The lowest BCUT2D eigenvalue weighted by Gasteiger charge is -2.21. The van der Waals surface area contributed by atoms with Crippen LogP contribution in [0.1, 0.15) is 27.6 Å². The first kappa shape index (κ1) is 20.1. The normalized spacial score (nSPS) is 12.9. The van der Waals surface area contributed by atoms with Crippen LogP contribution in [0.25, 0.3) is 0 Å². The van der Waals surface area contributed by atoms with Gasteiger partial charge in [0.2, 0.25) is 0 Å². The number of aliphatic hydroxyl groups excluding tert-OH is 2. The maximum absolute atomic E-state index is 13.6. The third-order valence-corrected chi connectivity index (χ3v) is 3.76. The van der Waals surface area contributed by atoms with Gasteiger partial charge in [-0.15, -0.1) is 0 Å². The van der Waals surface area contributed by atoms with Gasteiger partial charge < -0.3 is 31.1 Å². The summed E-state index contributed by atoms with van der Waals surface area (Å²) in [5.41, 5.74) is 5.19. The molecule has 27 heavy (non-hydrogen) atoms. The van der Waals surface area contributed by atoms with Crippen molar-refractivity contribution in [1.82, 2.24) is 5.32 Å². The fraction of sp³-hybridized carbons (Fsp3) is 0.222. The molecule has 2 unspecified atom stereocenters.